The molecule has 3 aromatic carbocycles. The third-order valence-electron chi connectivity index (χ3n) is 3.72. The van der Waals surface area contributed by atoms with Gasteiger partial charge in [0.1, 0.15) is 5.82 Å². The summed E-state index contributed by atoms with van der Waals surface area (Å²) in [6, 6.07) is 26.1. The van der Waals surface area contributed by atoms with Gasteiger partial charge >= 0.3 is 0 Å². The molecule has 0 aliphatic heterocycles. The Bertz CT molecular complexity index is 1000. The highest BCUT2D eigenvalue weighted by molar-refractivity contribution is 9.10. The fraction of sp³-hybridized carbons (Fsp3) is 0. The minimum Gasteiger partial charge on any atom is -0.340 e. The highest BCUT2D eigenvalue weighted by Crippen LogP contribution is 2.28. The second kappa shape index (κ2) is 6.42. The maximum Gasteiger partial charge on any atom is 0.162 e. The summed E-state index contributed by atoms with van der Waals surface area (Å²) in [5.74, 6) is 1.52. The number of hydrogen-bond acceptors (Lipinski definition) is 3. The minimum absolute atomic E-state index is 0.715. The summed E-state index contributed by atoms with van der Waals surface area (Å²) in [6.45, 7) is 0. The van der Waals surface area contributed by atoms with Crippen LogP contribution in [-0.2, 0) is 0 Å². The van der Waals surface area contributed by atoms with Crippen molar-refractivity contribution in [3.05, 3.63) is 83.3 Å². The fourth-order valence-corrected chi connectivity index (χ4v) is 2.99. The van der Waals surface area contributed by atoms with Gasteiger partial charge < -0.3 is 5.32 Å². The van der Waals surface area contributed by atoms with Crippen LogP contribution in [0.1, 0.15) is 0 Å². The molecule has 1 heterocycles. The first-order chi connectivity index (χ1) is 11.8. The Hall–Kier alpha value is -2.72. The number of anilines is 2. The number of nitrogens with zero attached hydrogens (tertiary/aromatic N) is 2. The molecule has 0 bridgehead atoms. The normalized spacial score (nSPS) is 10.7. The Morgan fingerprint density at radius 2 is 1.54 bits per heavy atom. The molecular weight excluding hydrogens is 362 g/mol. The highest BCUT2D eigenvalue weighted by Gasteiger charge is 2.09. The van der Waals surface area contributed by atoms with Crippen LogP contribution in [0.5, 0.6) is 0 Å². The number of fused-ring (bicyclic) bond motifs is 1. The number of para-hydroxylation sites is 1. The van der Waals surface area contributed by atoms with Gasteiger partial charge in [0, 0.05) is 21.1 Å². The van der Waals surface area contributed by atoms with Gasteiger partial charge in [-0.2, -0.15) is 0 Å². The van der Waals surface area contributed by atoms with Crippen molar-refractivity contribution in [1.29, 1.82) is 0 Å². The molecule has 4 rings (SSSR count). The standard InChI is InChI=1S/C20H14BrN3/c21-15-9-6-10-16(13-15)22-20-17-11-4-5-12-18(17)23-19(24-20)14-7-2-1-3-8-14/h1-13H,(H,22,23,24). The van der Waals surface area contributed by atoms with E-state index in [0.29, 0.717) is 5.82 Å². The van der Waals surface area contributed by atoms with Crippen molar-refractivity contribution in [2.45, 2.75) is 0 Å². The Labute approximate surface area is 148 Å². The first-order valence-corrected chi connectivity index (χ1v) is 8.44. The van der Waals surface area contributed by atoms with Crippen molar-refractivity contribution < 1.29 is 0 Å². The lowest BCUT2D eigenvalue weighted by molar-refractivity contribution is 1.22. The third-order valence-corrected chi connectivity index (χ3v) is 4.22. The summed E-state index contributed by atoms with van der Waals surface area (Å²) in [7, 11) is 0. The van der Waals surface area contributed by atoms with Crippen LogP contribution in [0.4, 0.5) is 11.5 Å². The molecule has 4 aromatic rings. The molecule has 0 aliphatic rings. The molecule has 0 saturated heterocycles. The van der Waals surface area contributed by atoms with Gasteiger partial charge in [-0.25, -0.2) is 9.97 Å². The van der Waals surface area contributed by atoms with Crippen molar-refractivity contribution in [3.8, 4) is 11.4 Å². The molecule has 0 amide bonds. The summed E-state index contributed by atoms with van der Waals surface area (Å²) >= 11 is 3.50. The summed E-state index contributed by atoms with van der Waals surface area (Å²) < 4.78 is 1.02. The van der Waals surface area contributed by atoms with E-state index < -0.39 is 0 Å². The van der Waals surface area contributed by atoms with Gasteiger partial charge in [-0.1, -0.05) is 64.5 Å². The molecule has 1 N–H and O–H groups in total. The Kier molecular flexibility index (Phi) is 3.97. The van der Waals surface area contributed by atoms with E-state index in [1.165, 1.54) is 0 Å². The van der Waals surface area contributed by atoms with Crippen molar-refractivity contribution in [2.24, 2.45) is 0 Å². The Balaban J connectivity index is 1.86. The van der Waals surface area contributed by atoms with Crippen LogP contribution in [0.2, 0.25) is 0 Å². The van der Waals surface area contributed by atoms with E-state index in [0.717, 1.165) is 32.4 Å². The van der Waals surface area contributed by atoms with Crippen LogP contribution in [0.3, 0.4) is 0 Å². The molecule has 0 atom stereocenters. The molecule has 116 valence electrons. The first kappa shape index (κ1) is 14.8. The number of rotatable bonds is 3. The van der Waals surface area contributed by atoms with E-state index in [2.05, 4.69) is 21.2 Å². The number of hydrogen-bond donors (Lipinski definition) is 1. The van der Waals surface area contributed by atoms with Gasteiger partial charge in [0.05, 0.1) is 5.52 Å². The summed E-state index contributed by atoms with van der Waals surface area (Å²) in [4.78, 5) is 9.46. The molecule has 0 fully saturated rings. The second-order valence-electron chi connectivity index (χ2n) is 5.41. The first-order valence-electron chi connectivity index (χ1n) is 7.64. The molecule has 1 aromatic heterocycles. The van der Waals surface area contributed by atoms with E-state index in [9.17, 15) is 0 Å². The third kappa shape index (κ3) is 3.01. The van der Waals surface area contributed by atoms with Gasteiger partial charge in [0.15, 0.2) is 5.82 Å². The number of aromatic nitrogens is 2. The Morgan fingerprint density at radius 1 is 0.750 bits per heavy atom. The molecular formula is C20H14BrN3. The molecule has 0 radical (unpaired) electrons. The lowest BCUT2D eigenvalue weighted by atomic mass is 10.2. The lowest BCUT2D eigenvalue weighted by Gasteiger charge is -2.11. The molecule has 0 aliphatic carbocycles. The molecule has 0 unspecified atom stereocenters. The van der Waals surface area contributed by atoms with Gasteiger partial charge in [-0.3, -0.25) is 0 Å². The molecule has 3 nitrogen and oxygen atoms in total. The average molecular weight is 376 g/mol. The zero-order valence-corrected chi connectivity index (χ0v) is 14.4. The smallest absolute Gasteiger partial charge is 0.162 e. The van der Waals surface area contributed by atoms with Gasteiger partial charge in [-0.05, 0) is 30.3 Å². The van der Waals surface area contributed by atoms with Crippen molar-refractivity contribution in [1.82, 2.24) is 9.97 Å². The summed E-state index contributed by atoms with van der Waals surface area (Å²) in [6.07, 6.45) is 0. The van der Waals surface area contributed by atoms with Crippen LogP contribution in [-0.4, -0.2) is 9.97 Å². The SMILES string of the molecule is Brc1cccc(Nc2nc(-c3ccccc3)nc3ccccc23)c1. The molecule has 0 saturated carbocycles. The van der Waals surface area contributed by atoms with Crippen LogP contribution in [0.15, 0.2) is 83.3 Å². The van der Waals surface area contributed by atoms with Gasteiger partial charge in [0.25, 0.3) is 0 Å². The average Bonchev–Trinajstić information content (AvgIpc) is 2.62. The number of benzene rings is 3. The Morgan fingerprint density at radius 3 is 2.38 bits per heavy atom. The van der Waals surface area contributed by atoms with Gasteiger partial charge in [0.2, 0.25) is 0 Å². The van der Waals surface area contributed by atoms with E-state index in [4.69, 9.17) is 9.97 Å². The molecule has 4 heteroatoms. The van der Waals surface area contributed by atoms with E-state index >= 15 is 0 Å². The zero-order valence-electron chi connectivity index (χ0n) is 12.8. The monoisotopic (exact) mass is 375 g/mol. The molecule has 0 spiro atoms. The summed E-state index contributed by atoms with van der Waals surface area (Å²) in [5, 5.41) is 4.41. The van der Waals surface area contributed by atoms with Gasteiger partial charge in [-0.15, -0.1) is 0 Å². The van der Waals surface area contributed by atoms with E-state index in [1.54, 1.807) is 0 Å². The highest BCUT2D eigenvalue weighted by atomic mass is 79.9. The van der Waals surface area contributed by atoms with E-state index in [-0.39, 0.29) is 0 Å². The quantitative estimate of drug-likeness (QED) is 0.491. The van der Waals surface area contributed by atoms with Crippen LogP contribution in [0, 0.1) is 0 Å². The maximum atomic E-state index is 4.76. The number of nitrogens with one attached hydrogen (secondary N) is 1. The summed E-state index contributed by atoms with van der Waals surface area (Å²) in [5.41, 5.74) is 2.90. The second-order valence-corrected chi connectivity index (χ2v) is 6.33. The van der Waals surface area contributed by atoms with E-state index in [1.807, 2.05) is 78.9 Å². The van der Waals surface area contributed by atoms with Crippen molar-refractivity contribution in [2.75, 3.05) is 5.32 Å². The number of halogens is 1. The van der Waals surface area contributed by atoms with Crippen LogP contribution < -0.4 is 5.32 Å². The minimum atomic E-state index is 0.715. The van der Waals surface area contributed by atoms with Crippen LogP contribution in [0.25, 0.3) is 22.3 Å². The zero-order chi connectivity index (χ0) is 16.4. The predicted octanol–water partition coefficient (Wildman–Crippen LogP) is 5.80. The largest absolute Gasteiger partial charge is 0.340 e. The fourth-order valence-electron chi connectivity index (χ4n) is 2.59. The molecule has 24 heavy (non-hydrogen) atoms. The predicted molar refractivity (Wildman–Crippen MR) is 102 cm³/mol. The maximum absolute atomic E-state index is 4.76. The topological polar surface area (TPSA) is 37.8 Å². The van der Waals surface area contributed by atoms with Crippen molar-refractivity contribution in [3.63, 3.8) is 0 Å². The van der Waals surface area contributed by atoms with Crippen LogP contribution >= 0.6 is 15.9 Å². The lowest BCUT2D eigenvalue weighted by Crippen LogP contribution is -1.99. The van der Waals surface area contributed by atoms with Crippen molar-refractivity contribution >= 4 is 38.3 Å².